The molecule has 0 amide bonds. The number of aryl methyl sites for hydroxylation is 2. The quantitative estimate of drug-likeness (QED) is 0.272. The zero-order valence-electron chi connectivity index (χ0n) is 19.1. The molecule has 1 aliphatic rings. The van der Waals surface area contributed by atoms with Crippen LogP contribution in [0.3, 0.4) is 0 Å². The van der Waals surface area contributed by atoms with Gasteiger partial charge >= 0.3 is 0 Å². The van der Waals surface area contributed by atoms with Crippen molar-refractivity contribution in [3.8, 4) is 5.69 Å². The number of carbonyl (C=O) groups is 1. The van der Waals surface area contributed by atoms with Gasteiger partial charge in [0.05, 0.1) is 17.3 Å². The Morgan fingerprint density at radius 1 is 1.21 bits per heavy atom. The summed E-state index contributed by atoms with van der Waals surface area (Å²) in [6, 6.07) is 10.2. The molecule has 1 fully saturated rings. The molecule has 0 unspecified atom stereocenters. The van der Waals surface area contributed by atoms with Crippen LogP contribution in [0.1, 0.15) is 45.5 Å². The highest BCUT2D eigenvalue weighted by molar-refractivity contribution is 7.99. The summed E-state index contributed by atoms with van der Waals surface area (Å²) in [6.45, 7) is 10.3. The Labute approximate surface area is 198 Å². The molecule has 1 atom stereocenters. The Bertz CT molecular complexity index is 1300. The van der Waals surface area contributed by atoms with E-state index in [9.17, 15) is 13.2 Å². The van der Waals surface area contributed by atoms with Crippen LogP contribution in [0.4, 0.5) is 0 Å². The van der Waals surface area contributed by atoms with Crippen molar-refractivity contribution >= 4 is 27.4 Å². The van der Waals surface area contributed by atoms with Crippen molar-refractivity contribution in [3.05, 3.63) is 71.3 Å². The third-order valence-electron chi connectivity index (χ3n) is 6.01. The first-order valence-electron chi connectivity index (χ1n) is 10.9. The van der Waals surface area contributed by atoms with Crippen molar-refractivity contribution in [3.63, 3.8) is 0 Å². The number of ketones is 1. The van der Waals surface area contributed by atoms with Gasteiger partial charge in [0.2, 0.25) is 0 Å². The largest absolute Gasteiger partial charge is 0.318 e. The molecule has 1 aliphatic heterocycles. The normalized spacial score (nSPS) is 17.4. The third kappa shape index (κ3) is 4.84. The molecule has 0 radical (unpaired) electrons. The Morgan fingerprint density at radius 2 is 1.94 bits per heavy atom. The van der Waals surface area contributed by atoms with E-state index in [4.69, 9.17) is 0 Å². The van der Waals surface area contributed by atoms with Crippen molar-refractivity contribution in [1.82, 2.24) is 19.3 Å². The molecule has 0 spiro atoms. The van der Waals surface area contributed by atoms with Crippen LogP contribution in [0, 0.1) is 20.8 Å². The maximum Gasteiger partial charge on any atom is 0.191 e. The van der Waals surface area contributed by atoms with E-state index in [2.05, 4.69) is 45.6 Å². The summed E-state index contributed by atoms with van der Waals surface area (Å²) in [6.07, 6.45) is 2.28. The van der Waals surface area contributed by atoms with Crippen molar-refractivity contribution in [2.24, 2.45) is 0 Å². The minimum absolute atomic E-state index is 0.0182. The van der Waals surface area contributed by atoms with Crippen LogP contribution in [0.5, 0.6) is 0 Å². The van der Waals surface area contributed by atoms with E-state index < -0.39 is 9.84 Å². The summed E-state index contributed by atoms with van der Waals surface area (Å²) in [5.74, 6) is 0.998. The van der Waals surface area contributed by atoms with Crippen molar-refractivity contribution in [1.29, 1.82) is 0 Å². The first kappa shape index (κ1) is 23.5. The van der Waals surface area contributed by atoms with Crippen LogP contribution in [0.25, 0.3) is 5.69 Å². The third-order valence-corrected chi connectivity index (χ3v) is 8.75. The molecule has 7 nitrogen and oxygen atoms in total. The molecule has 1 aromatic carbocycles. The van der Waals surface area contributed by atoms with E-state index >= 15 is 0 Å². The molecule has 4 rings (SSSR count). The number of benzene rings is 1. The fourth-order valence-corrected chi connectivity index (χ4v) is 6.93. The summed E-state index contributed by atoms with van der Waals surface area (Å²) < 4.78 is 27.8. The van der Waals surface area contributed by atoms with Gasteiger partial charge < -0.3 is 9.13 Å². The number of allylic oxidation sites excluding steroid dienone is 1. The van der Waals surface area contributed by atoms with E-state index in [0.717, 1.165) is 17.1 Å². The number of sulfone groups is 1. The van der Waals surface area contributed by atoms with Crippen LogP contribution in [-0.4, -0.2) is 50.8 Å². The minimum atomic E-state index is -3.03. The topological polar surface area (TPSA) is 86.8 Å². The molecule has 174 valence electrons. The minimum Gasteiger partial charge on any atom is -0.318 e. The molecule has 1 saturated heterocycles. The van der Waals surface area contributed by atoms with E-state index in [0.29, 0.717) is 29.5 Å². The van der Waals surface area contributed by atoms with Crippen molar-refractivity contribution < 1.29 is 13.2 Å². The molecule has 9 heteroatoms. The highest BCUT2D eigenvalue weighted by Gasteiger charge is 2.33. The zero-order chi connectivity index (χ0) is 23.8. The van der Waals surface area contributed by atoms with Gasteiger partial charge in [-0.2, -0.15) is 0 Å². The lowest BCUT2D eigenvalue weighted by Gasteiger charge is -2.11. The second-order valence-corrected chi connectivity index (χ2v) is 11.7. The highest BCUT2D eigenvalue weighted by atomic mass is 32.2. The van der Waals surface area contributed by atoms with Crippen LogP contribution in [-0.2, 0) is 16.4 Å². The van der Waals surface area contributed by atoms with Gasteiger partial charge in [0.1, 0.15) is 5.82 Å². The molecule has 2 aromatic heterocycles. The number of hydrogen-bond acceptors (Lipinski definition) is 6. The van der Waals surface area contributed by atoms with E-state index in [1.807, 2.05) is 31.4 Å². The van der Waals surface area contributed by atoms with Gasteiger partial charge in [0.25, 0.3) is 0 Å². The molecule has 0 bridgehead atoms. The van der Waals surface area contributed by atoms with Gasteiger partial charge in [-0.25, -0.2) is 8.42 Å². The average molecular weight is 485 g/mol. The number of rotatable bonds is 8. The molecule has 0 aliphatic carbocycles. The predicted octanol–water partition coefficient (Wildman–Crippen LogP) is 4.06. The second kappa shape index (κ2) is 9.30. The van der Waals surface area contributed by atoms with Gasteiger partial charge in [-0.1, -0.05) is 35.5 Å². The zero-order valence-corrected chi connectivity index (χ0v) is 20.7. The lowest BCUT2D eigenvalue weighted by Crippen LogP contribution is -2.12. The molecule has 3 heterocycles. The van der Waals surface area contributed by atoms with Gasteiger partial charge in [0, 0.05) is 35.1 Å². The Hall–Kier alpha value is -2.65. The molecular formula is C24H28N4O3S2. The number of Topliss-reactive ketones (excluding diaryl/α,β-unsaturated/α-hetero) is 1. The molecular weight excluding hydrogens is 456 g/mol. The summed E-state index contributed by atoms with van der Waals surface area (Å²) in [7, 11) is -3.03. The summed E-state index contributed by atoms with van der Waals surface area (Å²) in [5, 5.41) is 9.16. The number of carbonyl (C=O) groups excluding carboxylic acids is 1. The van der Waals surface area contributed by atoms with Gasteiger partial charge in [-0.3, -0.25) is 4.79 Å². The lowest BCUT2D eigenvalue weighted by atomic mass is 10.1. The van der Waals surface area contributed by atoms with Crippen LogP contribution < -0.4 is 0 Å². The van der Waals surface area contributed by atoms with Gasteiger partial charge in [0.15, 0.2) is 20.8 Å². The standard InChI is InChI=1S/C24H28N4O3S2/c1-5-11-27-23(19-10-12-33(30,31)15-19)25-26-24(27)32-14-22(29)21-13-17(3)28(18(21)4)20-8-6-16(2)7-9-20/h5-9,13,19H,1,10-12,14-15H2,2-4H3/t19-/m0/s1. The Kier molecular flexibility index (Phi) is 6.63. The SMILES string of the molecule is C=CCn1c(SCC(=O)c2cc(C)n(-c3ccc(C)cc3)c2C)nnc1[C@H]1CCS(=O)(=O)C1. The second-order valence-electron chi connectivity index (χ2n) is 8.51. The molecule has 0 saturated carbocycles. The highest BCUT2D eigenvalue weighted by Crippen LogP contribution is 2.31. The van der Waals surface area contributed by atoms with Gasteiger partial charge in [-0.15, -0.1) is 16.8 Å². The fraction of sp³-hybridized carbons (Fsp3) is 0.375. The maximum absolute atomic E-state index is 13.1. The number of nitrogens with zero attached hydrogens (tertiary/aromatic N) is 4. The van der Waals surface area contributed by atoms with E-state index in [1.165, 1.54) is 17.3 Å². The first-order chi connectivity index (χ1) is 15.7. The molecule has 0 N–H and O–H groups in total. The number of hydrogen-bond donors (Lipinski definition) is 0. The van der Waals surface area contributed by atoms with Gasteiger partial charge in [-0.05, 0) is 45.4 Å². The summed E-state index contributed by atoms with van der Waals surface area (Å²) in [4.78, 5) is 13.1. The van der Waals surface area contributed by atoms with Crippen LogP contribution in [0.2, 0.25) is 0 Å². The monoisotopic (exact) mass is 484 g/mol. The van der Waals surface area contributed by atoms with E-state index in [-0.39, 0.29) is 29.0 Å². The number of aromatic nitrogens is 4. The Morgan fingerprint density at radius 3 is 2.58 bits per heavy atom. The van der Waals surface area contributed by atoms with Crippen LogP contribution in [0.15, 0.2) is 48.1 Å². The average Bonchev–Trinajstić information content (AvgIpc) is 3.42. The van der Waals surface area contributed by atoms with Crippen molar-refractivity contribution in [2.75, 3.05) is 17.3 Å². The predicted molar refractivity (Wildman–Crippen MR) is 131 cm³/mol. The Balaban J connectivity index is 1.53. The lowest BCUT2D eigenvalue weighted by molar-refractivity contribution is 0.102. The van der Waals surface area contributed by atoms with E-state index in [1.54, 1.807) is 6.08 Å². The van der Waals surface area contributed by atoms with Crippen molar-refractivity contribution in [2.45, 2.75) is 44.8 Å². The maximum atomic E-state index is 13.1. The number of thioether (sulfide) groups is 1. The smallest absolute Gasteiger partial charge is 0.191 e. The first-order valence-corrected chi connectivity index (χ1v) is 13.7. The fourth-order valence-electron chi connectivity index (χ4n) is 4.35. The summed E-state index contributed by atoms with van der Waals surface area (Å²) in [5.41, 5.74) is 4.82. The summed E-state index contributed by atoms with van der Waals surface area (Å²) >= 11 is 1.32. The van der Waals surface area contributed by atoms with Crippen LogP contribution >= 0.6 is 11.8 Å². The molecule has 3 aromatic rings. The molecule has 33 heavy (non-hydrogen) atoms.